The second-order valence-electron chi connectivity index (χ2n) is 4.85. The number of nitrogens with zero attached hydrogens (tertiary/aromatic N) is 2. The zero-order chi connectivity index (χ0) is 18.1. The molecule has 2 N–H and O–H groups in total. The van der Waals surface area contributed by atoms with E-state index in [4.69, 9.17) is 11.6 Å². The van der Waals surface area contributed by atoms with Gasteiger partial charge in [-0.2, -0.15) is 13.2 Å². The third kappa shape index (κ3) is 4.34. The van der Waals surface area contributed by atoms with Crippen LogP contribution < -0.4 is 10.3 Å². The number of hydrazine groups is 1. The molecule has 11 heteroatoms. The van der Waals surface area contributed by atoms with E-state index < -0.39 is 26.7 Å². The summed E-state index contributed by atoms with van der Waals surface area (Å²) >= 11 is 5.72. The van der Waals surface area contributed by atoms with Crippen LogP contribution in [0.4, 0.5) is 19.1 Å². The lowest BCUT2D eigenvalue weighted by molar-refractivity contribution is -0.137. The highest BCUT2D eigenvalue weighted by Crippen LogP contribution is 2.33. The molecule has 0 saturated heterocycles. The number of benzene rings is 1. The van der Waals surface area contributed by atoms with Gasteiger partial charge in [0.1, 0.15) is 4.90 Å². The molecule has 2 rings (SSSR count). The maximum absolute atomic E-state index is 12.7. The van der Waals surface area contributed by atoms with Gasteiger partial charge in [0.05, 0.1) is 10.6 Å². The average molecular weight is 381 g/mol. The highest BCUT2D eigenvalue weighted by atomic mass is 35.5. The number of anilines is 1. The molecule has 0 unspecified atom stereocenters. The third-order valence-electron chi connectivity index (χ3n) is 2.83. The van der Waals surface area contributed by atoms with Crippen molar-refractivity contribution >= 4 is 27.6 Å². The SMILES string of the molecule is Cc1cc(C)nc(NNS(=O)(=O)c2cc(C(F)(F)F)ccc2Cl)n1. The molecular weight excluding hydrogens is 369 g/mol. The van der Waals surface area contributed by atoms with Crippen molar-refractivity contribution in [3.63, 3.8) is 0 Å². The van der Waals surface area contributed by atoms with E-state index in [1.807, 2.05) is 4.83 Å². The van der Waals surface area contributed by atoms with E-state index in [0.29, 0.717) is 23.5 Å². The van der Waals surface area contributed by atoms with Crippen molar-refractivity contribution in [2.24, 2.45) is 0 Å². The first-order valence-corrected chi connectivity index (χ1v) is 8.32. The van der Waals surface area contributed by atoms with Crippen LogP contribution in [-0.2, 0) is 16.2 Å². The molecule has 1 aromatic heterocycles. The molecule has 1 aromatic carbocycles. The van der Waals surface area contributed by atoms with Gasteiger partial charge in [-0.25, -0.2) is 18.4 Å². The van der Waals surface area contributed by atoms with Crippen LogP contribution in [0.25, 0.3) is 0 Å². The summed E-state index contributed by atoms with van der Waals surface area (Å²) in [5, 5.41) is -0.348. The Kier molecular flexibility index (Phi) is 5.02. The van der Waals surface area contributed by atoms with E-state index in [2.05, 4.69) is 15.4 Å². The molecule has 0 spiro atoms. The number of rotatable bonds is 4. The molecule has 0 aliphatic rings. The molecule has 0 bridgehead atoms. The van der Waals surface area contributed by atoms with Gasteiger partial charge in [-0.05, 0) is 38.1 Å². The summed E-state index contributed by atoms with van der Waals surface area (Å²) in [5.41, 5.74) is 2.29. The van der Waals surface area contributed by atoms with Gasteiger partial charge >= 0.3 is 6.18 Å². The zero-order valence-corrected chi connectivity index (χ0v) is 14.0. The van der Waals surface area contributed by atoms with Crippen LogP contribution in [0, 0.1) is 13.8 Å². The van der Waals surface area contributed by atoms with Crippen molar-refractivity contribution in [1.82, 2.24) is 14.8 Å². The summed E-state index contributed by atoms with van der Waals surface area (Å²) in [5.74, 6) is -0.0424. The minimum atomic E-state index is -4.70. The van der Waals surface area contributed by atoms with Crippen molar-refractivity contribution < 1.29 is 21.6 Å². The molecule has 130 valence electrons. The second-order valence-corrected chi connectivity index (χ2v) is 6.91. The predicted octanol–water partition coefficient (Wildman–Crippen LogP) is 3.07. The number of aromatic nitrogens is 2. The molecule has 0 aliphatic carbocycles. The molecular formula is C13H12ClF3N4O2S. The summed E-state index contributed by atoms with van der Waals surface area (Å²) in [6, 6.07) is 3.69. The highest BCUT2D eigenvalue weighted by molar-refractivity contribution is 7.89. The van der Waals surface area contributed by atoms with Gasteiger partial charge in [-0.1, -0.05) is 11.6 Å². The van der Waals surface area contributed by atoms with Gasteiger partial charge in [0, 0.05) is 11.4 Å². The van der Waals surface area contributed by atoms with Crippen molar-refractivity contribution in [3.05, 3.63) is 46.2 Å². The lowest BCUT2D eigenvalue weighted by Crippen LogP contribution is -2.31. The molecule has 0 atom stereocenters. The Balaban J connectivity index is 2.30. The fourth-order valence-electron chi connectivity index (χ4n) is 1.84. The number of hydrogen-bond acceptors (Lipinski definition) is 5. The summed E-state index contributed by atoms with van der Waals surface area (Å²) < 4.78 is 62.6. The Bertz CT molecular complexity index is 852. The van der Waals surface area contributed by atoms with Crippen molar-refractivity contribution in [3.8, 4) is 0 Å². The molecule has 0 aliphatic heterocycles. The topological polar surface area (TPSA) is 84.0 Å². The van der Waals surface area contributed by atoms with Gasteiger partial charge in [0.2, 0.25) is 5.95 Å². The van der Waals surface area contributed by atoms with Crippen LogP contribution in [0.2, 0.25) is 5.02 Å². The first-order chi connectivity index (χ1) is 11.0. The van der Waals surface area contributed by atoms with Crippen LogP contribution >= 0.6 is 11.6 Å². The van der Waals surface area contributed by atoms with E-state index >= 15 is 0 Å². The zero-order valence-electron chi connectivity index (χ0n) is 12.4. The Hall–Kier alpha value is -1.91. The minimum absolute atomic E-state index is 0.0424. The Morgan fingerprint density at radius 3 is 2.21 bits per heavy atom. The van der Waals surface area contributed by atoms with Gasteiger partial charge < -0.3 is 0 Å². The maximum atomic E-state index is 12.7. The largest absolute Gasteiger partial charge is 0.416 e. The smallest absolute Gasteiger partial charge is 0.276 e. The monoisotopic (exact) mass is 380 g/mol. The summed E-state index contributed by atoms with van der Waals surface area (Å²) in [4.78, 5) is 9.09. The number of nitrogens with one attached hydrogen (secondary N) is 2. The number of alkyl halides is 3. The molecule has 24 heavy (non-hydrogen) atoms. The quantitative estimate of drug-likeness (QED) is 0.796. The number of halogens is 4. The predicted molar refractivity (Wildman–Crippen MR) is 81.9 cm³/mol. The van der Waals surface area contributed by atoms with E-state index in [9.17, 15) is 21.6 Å². The molecule has 2 aromatic rings. The first-order valence-electron chi connectivity index (χ1n) is 6.46. The molecule has 0 fully saturated rings. The number of aryl methyl sites for hydroxylation is 2. The normalized spacial score (nSPS) is 12.2. The van der Waals surface area contributed by atoms with Crippen LogP contribution in [0.3, 0.4) is 0 Å². The molecule has 1 heterocycles. The maximum Gasteiger partial charge on any atom is 0.416 e. The lowest BCUT2D eigenvalue weighted by atomic mass is 10.2. The van der Waals surface area contributed by atoms with Gasteiger partial charge in [0.25, 0.3) is 10.0 Å². The van der Waals surface area contributed by atoms with E-state index in [0.717, 1.165) is 6.07 Å². The lowest BCUT2D eigenvalue weighted by Gasteiger charge is -2.12. The van der Waals surface area contributed by atoms with E-state index in [1.165, 1.54) is 0 Å². The van der Waals surface area contributed by atoms with Gasteiger partial charge in [-0.3, -0.25) is 5.43 Å². The Morgan fingerprint density at radius 2 is 1.67 bits per heavy atom. The molecule has 0 radical (unpaired) electrons. The molecule has 0 amide bonds. The van der Waals surface area contributed by atoms with Crippen molar-refractivity contribution in [2.45, 2.75) is 24.9 Å². The van der Waals surface area contributed by atoms with Crippen molar-refractivity contribution in [1.29, 1.82) is 0 Å². The molecule has 0 saturated carbocycles. The summed E-state index contributed by atoms with van der Waals surface area (Å²) in [6.45, 7) is 3.36. The van der Waals surface area contributed by atoms with Crippen LogP contribution in [-0.4, -0.2) is 18.4 Å². The summed E-state index contributed by atoms with van der Waals surface area (Å²) in [7, 11) is -4.37. The standard InChI is InChI=1S/C13H12ClF3N4O2S/c1-7-5-8(2)19-12(18-7)20-21-24(22,23)11-6-9(13(15,16)17)3-4-10(11)14/h3-6,21H,1-2H3,(H,18,19,20). The van der Waals surface area contributed by atoms with Gasteiger partial charge in [0.15, 0.2) is 0 Å². The van der Waals surface area contributed by atoms with Crippen molar-refractivity contribution in [2.75, 3.05) is 5.43 Å². The first kappa shape index (κ1) is 18.4. The molecule has 6 nitrogen and oxygen atoms in total. The summed E-state index contributed by atoms with van der Waals surface area (Å²) in [6.07, 6.45) is -4.70. The Morgan fingerprint density at radius 1 is 1.08 bits per heavy atom. The number of hydrogen-bond donors (Lipinski definition) is 2. The van der Waals surface area contributed by atoms with Crippen LogP contribution in [0.5, 0.6) is 0 Å². The van der Waals surface area contributed by atoms with Crippen LogP contribution in [0.1, 0.15) is 17.0 Å². The minimum Gasteiger partial charge on any atom is -0.276 e. The third-order valence-corrected chi connectivity index (χ3v) is 4.56. The average Bonchev–Trinajstić information content (AvgIpc) is 2.43. The fraction of sp³-hybridized carbons (Fsp3) is 0.231. The van der Waals surface area contributed by atoms with Crippen LogP contribution in [0.15, 0.2) is 29.2 Å². The number of sulfonamides is 1. The van der Waals surface area contributed by atoms with E-state index in [-0.39, 0.29) is 11.0 Å². The second kappa shape index (κ2) is 6.54. The van der Waals surface area contributed by atoms with E-state index in [1.54, 1.807) is 19.9 Å². The fourth-order valence-corrected chi connectivity index (χ4v) is 3.20. The highest BCUT2D eigenvalue weighted by Gasteiger charge is 2.32. The van der Waals surface area contributed by atoms with Gasteiger partial charge in [-0.15, -0.1) is 4.83 Å². The Labute approximate surface area is 141 Å².